The fraction of sp³-hybridized carbons (Fsp3) is 0.385. The zero-order valence-electron chi connectivity index (χ0n) is 32.7. The van der Waals surface area contributed by atoms with Crippen molar-refractivity contribution in [1.29, 1.82) is 0 Å². The Hall–Kier alpha value is -6.56. The van der Waals surface area contributed by atoms with Crippen LogP contribution in [0.1, 0.15) is 82.1 Å². The summed E-state index contributed by atoms with van der Waals surface area (Å²) in [5.74, 6) is -0.909. The molecule has 5 N–H and O–H groups in total. The van der Waals surface area contributed by atoms with Gasteiger partial charge >= 0.3 is 5.56 Å². The van der Waals surface area contributed by atoms with Gasteiger partial charge in [0.15, 0.2) is 5.52 Å². The monoisotopic (exact) mass is 778 g/mol. The van der Waals surface area contributed by atoms with Crippen molar-refractivity contribution >= 4 is 56.6 Å². The molecule has 0 atom stereocenters. The van der Waals surface area contributed by atoms with E-state index in [0.717, 1.165) is 5.52 Å². The maximum absolute atomic E-state index is 13.6. The molecule has 7 rings (SSSR count). The Balaban J connectivity index is 1.27. The maximum atomic E-state index is 13.6. The van der Waals surface area contributed by atoms with Gasteiger partial charge < -0.3 is 35.0 Å². The first-order valence-electron chi connectivity index (χ1n) is 19.0. The van der Waals surface area contributed by atoms with Crippen LogP contribution in [-0.2, 0) is 33.2 Å². The van der Waals surface area contributed by atoms with E-state index < -0.39 is 23.3 Å². The van der Waals surface area contributed by atoms with Crippen molar-refractivity contribution in [2.75, 3.05) is 13.2 Å². The summed E-state index contributed by atoms with van der Waals surface area (Å²) in [5, 5.41) is 18.5. The van der Waals surface area contributed by atoms with Crippen LogP contribution in [0.4, 0.5) is 0 Å². The number of aromatic nitrogens is 9. The standard InChI is InChI=1S/C39H46N12O6/c1-6-49-29(18-22(3)44-49)36(55)42-38-46(5)27-19-24(34(40)53)12-13-26(27)47(38)14-9-8-10-15-48-32-28(20-25(35(41)54)21-30(32)57-17-11-16-52)51-31-23(4)45-50(7-2)33(31)37(56)43-39(48)51/h12-13,18-21,52H,6-11,14-17H2,1-5H3,(H2,40,53)(H2,41,54). The molecule has 298 valence electrons. The van der Waals surface area contributed by atoms with Gasteiger partial charge in [-0.25, -0.2) is 0 Å². The molecule has 0 aliphatic heterocycles. The molecule has 18 nitrogen and oxygen atoms in total. The zero-order valence-corrected chi connectivity index (χ0v) is 32.7. The van der Waals surface area contributed by atoms with Crippen molar-refractivity contribution < 1.29 is 24.2 Å². The minimum absolute atomic E-state index is 0.0825. The Kier molecular flexibility index (Phi) is 10.5. The molecule has 0 unspecified atom stereocenters. The Morgan fingerprint density at radius 3 is 2.19 bits per heavy atom. The molecule has 0 bridgehead atoms. The van der Waals surface area contributed by atoms with E-state index in [0.29, 0.717) is 119 Å². The second-order valence-electron chi connectivity index (χ2n) is 14.0. The maximum Gasteiger partial charge on any atom is 0.300 e. The van der Waals surface area contributed by atoms with Gasteiger partial charge in [-0.05, 0) is 83.4 Å². The lowest BCUT2D eigenvalue weighted by Crippen LogP contribution is -2.26. The highest BCUT2D eigenvalue weighted by Gasteiger charge is 2.24. The molecule has 0 aliphatic rings. The number of imidazole rings is 2. The number of aliphatic hydroxyl groups excluding tert-OH is 1. The Bertz CT molecular complexity index is 2870. The molecule has 0 saturated carbocycles. The number of rotatable bonds is 15. The van der Waals surface area contributed by atoms with E-state index in [1.807, 2.05) is 47.3 Å². The summed E-state index contributed by atoms with van der Waals surface area (Å²) in [6.07, 6.45) is 2.39. The molecule has 18 heteroatoms. The van der Waals surface area contributed by atoms with Crippen LogP contribution < -0.4 is 27.4 Å². The van der Waals surface area contributed by atoms with Crippen LogP contribution in [0.15, 0.2) is 46.2 Å². The second-order valence-corrected chi connectivity index (χ2v) is 14.0. The van der Waals surface area contributed by atoms with Crippen molar-refractivity contribution in [2.24, 2.45) is 23.5 Å². The summed E-state index contributed by atoms with van der Waals surface area (Å²) in [4.78, 5) is 61.0. The van der Waals surface area contributed by atoms with Crippen molar-refractivity contribution in [2.45, 2.75) is 79.6 Å². The number of aliphatic hydroxyl groups is 1. The second kappa shape index (κ2) is 15.5. The van der Waals surface area contributed by atoms with Gasteiger partial charge in [-0.3, -0.25) is 32.9 Å². The van der Waals surface area contributed by atoms with E-state index in [1.54, 1.807) is 51.3 Å². The van der Waals surface area contributed by atoms with Gasteiger partial charge in [-0.2, -0.15) is 20.2 Å². The molecule has 7 aromatic rings. The molecule has 0 spiro atoms. The number of fused-ring (bicyclic) bond motifs is 6. The van der Waals surface area contributed by atoms with Gasteiger partial charge in [0.25, 0.3) is 5.91 Å². The minimum atomic E-state index is -0.647. The van der Waals surface area contributed by atoms with Gasteiger partial charge in [-0.15, -0.1) is 0 Å². The van der Waals surface area contributed by atoms with E-state index >= 15 is 0 Å². The van der Waals surface area contributed by atoms with E-state index in [2.05, 4.69) is 20.2 Å². The topological polar surface area (TPSA) is 230 Å². The van der Waals surface area contributed by atoms with Crippen LogP contribution in [0, 0.1) is 13.8 Å². The molecule has 57 heavy (non-hydrogen) atoms. The molecule has 0 fully saturated rings. The number of unbranched alkanes of at least 4 members (excludes halogenated alkanes) is 2. The quantitative estimate of drug-likeness (QED) is 0.130. The van der Waals surface area contributed by atoms with Crippen LogP contribution in [0.25, 0.3) is 38.9 Å². The van der Waals surface area contributed by atoms with E-state index in [4.69, 9.17) is 16.2 Å². The highest BCUT2D eigenvalue weighted by atomic mass is 16.5. The zero-order chi connectivity index (χ0) is 40.7. The largest absolute Gasteiger partial charge is 0.491 e. The lowest BCUT2D eigenvalue weighted by molar-refractivity contribution is 0.0980. The normalized spacial score (nSPS) is 12.2. The average Bonchev–Trinajstić information content (AvgIpc) is 3.90. The smallest absolute Gasteiger partial charge is 0.300 e. The summed E-state index contributed by atoms with van der Waals surface area (Å²) < 4.78 is 16.9. The molecule has 0 saturated heterocycles. The van der Waals surface area contributed by atoms with Gasteiger partial charge in [0.2, 0.25) is 23.2 Å². The third-order valence-corrected chi connectivity index (χ3v) is 10.2. The first-order chi connectivity index (χ1) is 27.4. The highest BCUT2D eigenvalue weighted by Crippen LogP contribution is 2.34. The highest BCUT2D eigenvalue weighted by molar-refractivity contribution is 6.01. The number of ether oxygens (including phenoxy) is 1. The summed E-state index contributed by atoms with van der Waals surface area (Å²) in [6, 6.07) is 10.1. The molecule has 0 radical (unpaired) electrons. The summed E-state index contributed by atoms with van der Waals surface area (Å²) in [7, 11) is 1.79. The number of carbonyl (C=O) groups excluding carboxylic acids is 3. The summed E-state index contributed by atoms with van der Waals surface area (Å²) in [6.45, 7) is 9.44. The lowest BCUT2D eigenvalue weighted by atomic mass is 10.1. The van der Waals surface area contributed by atoms with Gasteiger partial charge in [0.1, 0.15) is 22.5 Å². The third kappa shape index (κ3) is 6.85. The molecule has 3 amide bonds. The Morgan fingerprint density at radius 1 is 0.807 bits per heavy atom. The van der Waals surface area contributed by atoms with Crippen LogP contribution in [0.5, 0.6) is 5.75 Å². The number of amides is 3. The van der Waals surface area contributed by atoms with Crippen molar-refractivity contribution in [3.63, 3.8) is 0 Å². The fourth-order valence-electron chi connectivity index (χ4n) is 7.58. The molecule has 0 aliphatic carbocycles. The predicted molar refractivity (Wildman–Crippen MR) is 212 cm³/mol. The van der Waals surface area contributed by atoms with Crippen LogP contribution in [-0.4, -0.2) is 78.7 Å². The molecular weight excluding hydrogens is 733 g/mol. The van der Waals surface area contributed by atoms with Gasteiger partial charge in [0.05, 0.1) is 34.5 Å². The van der Waals surface area contributed by atoms with Crippen LogP contribution >= 0.6 is 0 Å². The van der Waals surface area contributed by atoms with E-state index in [9.17, 15) is 24.3 Å². The minimum Gasteiger partial charge on any atom is -0.491 e. The predicted octanol–water partition coefficient (Wildman–Crippen LogP) is 2.72. The van der Waals surface area contributed by atoms with Crippen LogP contribution in [0.3, 0.4) is 0 Å². The third-order valence-electron chi connectivity index (χ3n) is 10.2. The lowest BCUT2D eigenvalue weighted by Gasteiger charge is -2.12. The number of nitrogens with zero attached hydrogens (tertiary/aromatic N) is 10. The Labute approximate surface area is 325 Å². The van der Waals surface area contributed by atoms with Crippen LogP contribution in [0.2, 0.25) is 0 Å². The number of primary amides is 2. The SMILES string of the molecule is CCn1nc(C)cc1C(=O)N=c1n(C)c2cc(C(N)=O)ccc2n1CCCCCn1c2c(OCCCO)cc(C(N)=O)cc2n2c3c(C)nn(CC)c3c(=O)nc12. The number of hydrogen-bond acceptors (Lipinski definition) is 9. The molecule has 2 aromatic carbocycles. The number of aryl methyl sites for hydroxylation is 7. The van der Waals surface area contributed by atoms with Gasteiger partial charge in [-0.1, -0.05) is 0 Å². The van der Waals surface area contributed by atoms with E-state index in [1.165, 1.54) is 0 Å². The first kappa shape index (κ1) is 38.7. The first-order valence-corrected chi connectivity index (χ1v) is 19.0. The van der Waals surface area contributed by atoms with Gasteiger partial charge in [0, 0.05) is 57.4 Å². The fourth-order valence-corrected chi connectivity index (χ4v) is 7.58. The van der Waals surface area contributed by atoms with Crippen molar-refractivity contribution in [3.05, 3.63) is 80.6 Å². The number of nitrogens with two attached hydrogens (primary N) is 2. The number of benzene rings is 2. The summed E-state index contributed by atoms with van der Waals surface area (Å²) >= 11 is 0. The number of hydrogen-bond donors (Lipinski definition) is 3. The molecule has 5 aromatic heterocycles. The summed E-state index contributed by atoms with van der Waals surface area (Å²) in [5.41, 5.74) is 17.2. The van der Waals surface area contributed by atoms with Crippen molar-refractivity contribution in [1.82, 2.24) is 42.6 Å². The molecule has 5 heterocycles. The average molecular weight is 779 g/mol. The number of carbonyl (C=O) groups is 3. The molecular formula is C39H46N12O6. The van der Waals surface area contributed by atoms with Crippen molar-refractivity contribution in [3.8, 4) is 5.75 Å². The Morgan fingerprint density at radius 2 is 1.51 bits per heavy atom. The van der Waals surface area contributed by atoms with E-state index in [-0.39, 0.29) is 18.8 Å².